The molecule has 1 heterocycles. The van der Waals surface area contributed by atoms with Crippen LogP contribution in [0, 0.1) is 6.92 Å². The monoisotopic (exact) mass is 757 g/mol. The Kier molecular flexibility index (Phi) is 10.4. The second-order valence-corrected chi connectivity index (χ2v) is 16.9. The van der Waals surface area contributed by atoms with Gasteiger partial charge in [-0.15, -0.1) is 0 Å². The van der Waals surface area contributed by atoms with E-state index in [-0.39, 0.29) is 17.9 Å². The minimum atomic E-state index is -4.21. The van der Waals surface area contributed by atoms with Crippen LogP contribution in [-0.2, 0) is 25.9 Å². The van der Waals surface area contributed by atoms with E-state index >= 15 is 0 Å². The lowest BCUT2D eigenvalue weighted by Crippen LogP contribution is -2.44. The van der Waals surface area contributed by atoms with Crippen LogP contribution >= 0.6 is 34.8 Å². The number of hydrogen-bond donors (Lipinski definition) is 1. The maximum atomic E-state index is 14.6. The first kappa shape index (κ1) is 37.3. The van der Waals surface area contributed by atoms with E-state index in [9.17, 15) is 18.0 Å². The van der Waals surface area contributed by atoms with Gasteiger partial charge in [-0.1, -0.05) is 58.6 Å². The number of carbonyl (C=O) groups excluding carboxylic acids is 2. The van der Waals surface area contributed by atoms with Crippen LogP contribution < -0.4 is 5.32 Å². The van der Waals surface area contributed by atoms with Crippen LogP contribution in [0.15, 0.2) is 77.7 Å². The van der Waals surface area contributed by atoms with Crippen molar-refractivity contribution in [1.29, 1.82) is 0 Å². The number of aryl methyl sites for hydroxylation is 1. The van der Waals surface area contributed by atoms with E-state index in [1.807, 2.05) is 6.92 Å². The molecule has 9 nitrogen and oxygen atoms in total. The number of halogens is 3. The summed E-state index contributed by atoms with van der Waals surface area (Å²) in [7, 11) is -4.21. The number of fused-ring (bicyclic) bond motifs is 3. The molecule has 0 radical (unpaired) electrons. The fraction of sp³-hybridized carbons (Fsp3) is 0.297. The average Bonchev–Trinajstić information content (AvgIpc) is 3.32. The summed E-state index contributed by atoms with van der Waals surface area (Å²) in [6, 6.07) is 20.2. The molecule has 0 saturated carbocycles. The molecule has 264 valence electrons. The summed E-state index contributed by atoms with van der Waals surface area (Å²) in [4.78, 5) is 27.9. The summed E-state index contributed by atoms with van der Waals surface area (Å²) in [5, 5.41) is 5.63. The first-order valence-corrected chi connectivity index (χ1v) is 18.4. The van der Waals surface area contributed by atoms with Crippen molar-refractivity contribution >= 4 is 90.2 Å². The van der Waals surface area contributed by atoms with Gasteiger partial charge in [0, 0.05) is 39.3 Å². The molecule has 0 saturated heterocycles. The van der Waals surface area contributed by atoms with Gasteiger partial charge in [-0.3, -0.25) is 0 Å². The Morgan fingerprint density at radius 3 is 1.98 bits per heavy atom. The van der Waals surface area contributed by atoms with Crippen molar-refractivity contribution in [3.8, 4) is 0 Å². The van der Waals surface area contributed by atoms with E-state index in [1.54, 1.807) is 114 Å². The Balaban J connectivity index is 1.78. The molecule has 0 aliphatic carbocycles. The Morgan fingerprint density at radius 1 is 0.780 bits per heavy atom. The molecule has 1 aromatic heterocycles. The van der Waals surface area contributed by atoms with Crippen molar-refractivity contribution in [3.05, 3.63) is 99.0 Å². The highest BCUT2D eigenvalue weighted by molar-refractivity contribution is 7.90. The second kappa shape index (κ2) is 14.0. The maximum absolute atomic E-state index is 14.6. The van der Waals surface area contributed by atoms with Gasteiger partial charge in [0.1, 0.15) is 11.2 Å². The van der Waals surface area contributed by atoms with E-state index in [0.29, 0.717) is 53.8 Å². The molecule has 0 unspecified atom stereocenters. The van der Waals surface area contributed by atoms with Crippen LogP contribution in [0.2, 0.25) is 15.1 Å². The smallest absolute Gasteiger partial charge is 0.419 e. The van der Waals surface area contributed by atoms with Gasteiger partial charge in [-0.25, -0.2) is 26.9 Å². The summed E-state index contributed by atoms with van der Waals surface area (Å²) in [6.07, 6.45) is -1.82. The molecule has 2 amide bonds. The Hall–Kier alpha value is -3.96. The van der Waals surface area contributed by atoms with E-state index in [0.717, 1.165) is 10.5 Å². The molecule has 4 aromatic carbocycles. The van der Waals surface area contributed by atoms with Crippen molar-refractivity contribution in [2.75, 3.05) is 11.9 Å². The molecule has 0 fully saturated rings. The highest BCUT2D eigenvalue weighted by atomic mass is 35.5. The zero-order chi connectivity index (χ0) is 36.8. The molecule has 0 bridgehead atoms. The van der Waals surface area contributed by atoms with Gasteiger partial charge in [0.25, 0.3) is 10.0 Å². The van der Waals surface area contributed by atoms with Crippen LogP contribution in [0.4, 0.5) is 21.0 Å². The minimum Gasteiger partial charge on any atom is -0.443 e. The topological polar surface area (TPSA) is 107 Å². The summed E-state index contributed by atoms with van der Waals surface area (Å²) >= 11 is 19.0. The Morgan fingerprint density at radius 2 is 1.40 bits per heavy atom. The van der Waals surface area contributed by atoms with Crippen LogP contribution in [-0.4, -0.2) is 47.2 Å². The molecule has 0 aliphatic rings. The maximum Gasteiger partial charge on any atom is 0.419 e. The number of nitrogens with zero attached hydrogens (tertiary/aromatic N) is 2. The summed E-state index contributed by atoms with van der Waals surface area (Å²) in [5.74, 6) is 0. The third-order valence-corrected chi connectivity index (χ3v) is 10.2. The van der Waals surface area contributed by atoms with Gasteiger partial charge < -0.3 is 14.8 Å². The van der Waals surface area contributed by atoms with E-state index in [4.69, 9.17) is 44.3 Å². The minimum absolute atomic E-state index is 0.00699. The first-order chi connectivity index (χ1) is 23.2. The van der Waals surface area contributed by atoms with Crippen LogP contribution in [0.3, 0.4) is 0 Å². The van der Waals surface area contributed by atoms with Crippen molar-refractivity contribution in [2.45, 2.75) is 71.0 Å². The van der Waals surface area contributed by atoms with E-state index in [2.05, 4.69) is 5.32 Å². The number of nitrogens with one attached hydrogen (secondary N) is 1. The summed E-state index contributed by atoms with van der Waals surface area (Å²) in [5.41, 5.74) is 1.36. The number of carbonyl (C=O) groups is 2. The molecule has 0 atom stereocenters. The molecule has 0 aliphatic heterocycles. The quantitative estimate of drug-likeness (QED) is 0.176. The molecule has 5 aromatic rings. The highest BCUT2D eigenvalue weighted by Gasteiger charge is 2.33. The number of aromatic nitrogens is 1. The fourth-order valence-corrected chi connectivity index (χ4v) is 7.41. The van der Waals surface area contributed by atoms with E-state index < -0.39 is 33.4 Å². The predicted molar refractivity (Wildman–Crippen MR) is 201 cm³/mol. The number of benzene rings is 4. The number of anilines is 2. The SMILES string of the molecule is Cc1ccc(S(=O)(=O)n2c3ccc(Cl)cc3c3ccc(Nc4ccc(Cl)c(Cl)c4)c(CCN(C(=O)OC(C)(C)C)C(=O)OC(C)(C)C)c32)cc1. The fourth-order valence-electron chi connectivity index (χ4n) is 5.39. The molecular weight excluding hydrogens is 721 g/mol. The van der Waals surface area contributed by atoms with E-state index in [1.165, 1.54) is 3.97 Å². The third kappa shape index (κ3) is 8.15. The third-order valence-electron chi connectivity index (χ3n) is 7.52. The zero-order valence-corrected chi connectivity index (χ0v) is 31.8. The number of hydrogen-bond acceptors (Lipinski definition) is 7. The van der Waals surface area contributed by atoms with Crippen molar-refractivity contribution < 1.29 is 27.5 Å². The molecule has 5 rings (SSSR count). The molecule has 0 spiro atoms. The normalized spacial score (nSPS) is 12.3. The largest absolute Gasteiger partial charge is 0.443 e. The number of rotatable bonds is 7. The number of imide groups is 1. The molecule has 50 heavy (non-hydrogen) atoms. The predicted octanol–water partition coefficient (Wildman–Crippen LogP) is 10.8. The van der Waals surface area contributed by atoms with Crippen LogP contribution in [0.25, 0.3) is 21.8 Å². The standard InChI is InChI=1S/C37H38Cl3N3O6S/c1-22-8-12-25(13-9-22)50(46,47)43-32-17-10-23(38)20-28(32)26-14-16-31(41-24-11-15-29(39)30(40)21-24)27(33(26)43)18-19-42(34(44)48-36(2,3)4)35(45)49-37(5,6)7/h8-17,20-21,41H,18-19H2,1-7H3. The lowest BCUT2D eigenvalue weighted by atomic mass is 10.0. The summed E-state index contributed by atoms with van der Waals surface area (Å²) < 4.78 is 41.7. The van der Waals surface area contributed by atoms with Crippen molar-refractivity contribution in [1.82, 2.24) is 8.87 Å². The summed E-state index contributed by atoms with van der Waals surface area (Å²) in [6.45, 7) is 11.8. The van der Waals surface area contributed by atoms with Gasteiger partial charge >= 0.3 is 12.2 Å². The highest BCUT2D eigenvalue weighted by Crippen LogP contribution is 2.40. The Bertz CT molecular complexity index is 2190. The van der Waals surface area contributed by atoms with Gasteiger partial charge in [0.2, 0.25) is 0 Å². The number of ether oxygens (including phenoxy) is 2. The van der Waals surface area contributed by atoms with Crippen molar-refractivity contribution in [3.63, 3.8) is 0 Å². The van der Waals surface area contributed by atoms with Gasteiger partial charge in [0.15, 0.2) is 0 Å². The van der Waals surface area contributed by atoms with Crippen molar-refractivity contribution in [2.24, 2.45) is 0 Å². The van der Waals surface area contributed by atoms with Gasteiger partial charge in [-0.05, 0) is 109 Å². The molecular formula is C37H38Cl3N3O6S. The van der Waals surface area contributed by atoms with Crippen LogP contribution in [0.5, 0.6) is 0 Å². The number of amides is 2. The Labute approximate surface area is 307 Å². The second-order valence-electron chi connectivity index (χ2n) is 13.8. The van der Waals surface area contributed by atoms with Gasteiger partial charge in [-0.2, -0.15) is 0 Å². The average molecular weight is 759 g/mol. The van der Waals surface area contributed by atoms with Crippen LogP contribution in [0.1, 0.15) is 52.7 Å². The first-order valence-electron chi connectivity index (χ1n) is 15.8. The van der Waals surface area contributed by atoms with Gasteiger partial charge in [0.05, 0.1) is 26.0 Å². The zero-order valence-electron chi connectivity index (χ0n) is 28.7. The molecule has 13 heteroatoms. The lowest BCUT2D eigenvalue weighted by molar-refractivity contribution is 0.00171. The molecule has 1 N–H and O–H groups in total. The lowest BCUT2D eigenvalue weighted by Gasteiger charge is -2.29.